The Kier molecular flexibility index (Phi) is 6.59. The van der Waals surface area contributed by atoms with Gasteiger partial charge in [-0.05, 0) is 55.3 Å². The maximum atomic E-state index is 14.8. The van der Waals surface area contributed by atoms with Gasteiger partial charge < -0.3 is 15.0 Å². The fourth-order valence-corrected chi connectivity index (χ4v) is 4.24. The first-order valence-electron chi connectivity index (χ1n) is 11.3. The van der Waals surface area contributed by atoms with Crippen LogP contribution in [0.5, 0.6) is 11.5 Å². The number of anilines is 2. The fraction of sp³-hybridized carbons (Fsp3) is 0.192. The Morgan fingerprint density at radius 3 is 2.51 bits per heavy atom. The van der Waals surface area contributed by atoms with Gasteiger partial charge in [0, 0.05) is 36.5 Å². The van der Waals surface area contributed by atoms with Crippen LogP contribution in [0.25, 0.3) is 11.0 Å². The molecule has 1 aliphatic heterocycles. The summed E-state index contributed by atoms with van der Waals surface area (Å²) in [5.41, 5.74) is -0.0949. The van der Waals surface area contributed by atoms with E-state index in [1.807, 2.05) is 0 Å². The maximum absolute atomic E-state index is 14.8. The zero-order valence-corrected chi connectivity index (χ0v) is 19.9. The van der Waals surface area contributed by atoms with Crippen LogP contribution in [-0.4, -0.2) is 29.0 Å². The maximum Gasteiger partial charge on any atom is 0.417 e. The van der Waals surface area contributed by atoms with E-state index in [-0.39, 0.29) is 17.0 Å². The van der Waals surface area contributed by atoms with Gasteiger partial charge in [-0.3, -0.25) is 9.78 Å². The number of nitrogens with one attached hydrogen (secondary N) is 1. The molecule has 6 nitrogen and oxygen atoms in total. The fourth-order valence-electron chi connectivity index (χ4n) is 4.02. The second-order valence-electron chi connectivity index (χ2n) is 8.47. The number of ether oxygens (including phenoxy) is 1. The lowest BCUT2D eigenvalue weighted by atomic mass is 10.1. The third-order valence-electron chi connectivity index (χ3n) is 5.88. The lowest BCUT2D eigenvalue weighted by Crippen LogP contribution is -2.19. The van der Waals surface area contributed by atoms with Crippen molar-refractivity contribution < 1.29 is 27.1 Å². The number of nitrogens with zero attached hydrogens (tertiary/aromatic N) is 3. The van der Waals surface area contributed by atoms with E-state index in [2.05, 4.69) is 20.2 Å². The highest BCUT2D eigenvalue weighted by Gasteiger charge is 2.33. The quantitative estimate of drug-likeness (QED) is 0.279. The van der Waals surface area contributed by atoms with Crippen molar-refractivity contribution in [2.75, 3.05) is 23.3 Å². The molecule has 3 aromatic carbocycles. The summed E-state index contributed by atoms with van der Waals surface area (Å²) in [5.74, 6) is -0.612. The largest absolute Gasteiger partial charge is 0.454 e. The van der Waals surface area contributed by atoms with Crippen molar-refractivity contribution in [2.24, 2.45) is 0 Å². The van der Waals surface area contributed by atoms with Crippen LogP contribution in [0.3, 0.4) is 0 Å². The van der Waals surface area contributed by atoms with Gasteiger partial charge in [0.1, 0.15) is 11.6 Å². The molecule has 0 atom stereocenters. The van der Waals surface area contributed by atoms with Crippen molar-refractivity contribution in [3.05, 3.63) is 82.8 Å². The number of amides is 1. The number of rotatable bonds is 5. The first-order valence-corrected chi connectivity index (χ1v) is 11.7. The topological polar surface area (TPSA) is 67.3 Å². The lowest BCUT2D eigenvalue weighted by Gasteiger charge is -2.16. The van der Waals surface area contributed by atoms with Gasteiger partial charge in [-0.2, -0.15) is 13.2 Å². The minimum atomic E-state index is -4.72. The third-order valence-corrected chi connectivity index (χ3v) is 6.21. The smallest absolute Gasteiger partial charge is 0.417 e. The number of aromatic nitrogens is 2. The summed E-state index contributed by atoms with van der Waals surface area (Å²) in [5, 5.41) is 1.85. The molecule has 37 heavy (non-hydrogen) atoms. The number of benzene rings is 3. The van der Waals surface area contributed by atoms with Gasteiger partial charge in [0.05, 0.1) is 27.8 Å². The molecule has 5 rings (SSSR count). The molecule has 1 fully saturated rings. The van der Waals surface area contributed by atoms with Gasteiger partial charge in [0.15, 0.2) is 11.6 Å². The van der Waals surface area contributed by atoms with Crippen LogP contribution in [0.4, 0.5) is 29.1 Å². The summed E-state index contributed by atoms with van der Waals surface area (Å²) in [7, 11) is 0. The van der Waals surface area contributed by atoms with Crippen molar-refractivity contribution >= 4 is 40.0 Å². The Morgan fingerprint density at radius 2 is 1.78 bits per heavy atom. The predicted octanol–water partition coefficient (Wildman–Crippen LogP) is 7.09. The Morgan fingerprint density at radius 1 is 1.00 bits per heavy atom. The van der Waals surface area contributed by atoms with Gasteiger partial charge in [0.25, 0.3) is 5.91 Å². The van der Waals surface area contributed by atoms with E-state index < -0.39 is 28.5 Å². The molecule has 1 amide bonds. The highest BCUT2D eigenvalue weighted by molar-refractivity contribution is 6.31. The van der Waals surface area contributed by atoms with Gasteiger partial charge >= 0.3 is 6.18 Å². The number of carbonyl (C=O) groups excluding carboxylic acids is 1. The average molecular weight is 531 g/mol. The molecule has 11 heteroatoms. The van der Waals surface area contributed by atoms with Crippen molar-refractivity contribution in [1.82, 2.24) is 9.97 Å². The minimum Gasteiger partial charge on any atom is -0.454 e. The van der Waals surface area contributed by atoms with Crippen LogP contribution >= 0.6 is 11.6 Å². The summed E-state index contributed by atoms with van der Waals surface area (Å²) in [6.07, 6.45) is -0.781. The summed E-state index contributed by atoms with van der Waals surface area (Å²) >= 11 is 5.60. The molecule has 0 aliphatic carbocycles. The van der Waals surface area contributed by atoms with Crippen LogP contribution in [-0.2, 0) is 6.18 Å². The monoisotopic (exact) mass is 530 g/mol. The first-order chi connectivity index (χ1) is 17.7. The Bertz CT molecular complexity index is 1490. The summed E-state index contributed by atoms with van der Waals surface area (Å²) in [6.45, 7) is 1.85. The van der Waals surface area contributed by atoms with E-state index in [4.69, 9.17) is 16.3 Å². The van der Waals surface area contributed by atoms with Crippen LogP contribution in [0.2, 0.25) is 5.02 Å². The van der Waals surface area contributed by atoms with E-state index in [1.165, 1.54) is 12.1 Å². The molecule has 0 radical (unpaired) electrons. The Labute approximate surface area is 213 Å². The summed E-state index contributed by atoms with van der Waals surface area (Å²) in [6, 6.07) is 11.5. The molecule has 0 spiro atoms. The zero-order chi connectivity index (χ0) is 26.2. The SMILES string of the molecule is O=C(Nc1ccc(Oc2ccc3ncc(N4CCCC4)nc3c2)c(F)c1)c1ccc(Cl)c(C(F)(F)F)c1. The van der Waals surface area contributed by atoms with Gasteiger partial charge in [-0.25, -0.2) is 9.37 Å². The molecule has 0 bridgehead atoms. The second kappa shape index (κ2) is 9.85. The Balaban J connectivity index is 1.31. The van der Waals surface area contributed by atoms with Crippen LogP contribution < -0.4 is 15.0 Å². The van der Waals surface area contributed by atoms with E-state index in [0.29, 0.717) is 22.8 Å². The zero-order valence-electron chi connectivity index (χ0n) is 19.1. The van der Waals surface area contributed by atoms with Crippen LogP contribution in [0.1, 0.15) is 28.8 Å². The molecule has 1 aromatic heterocycles. The third kappa shape index (κ3) is 5.43. The molecule has 1 aliphatic rings. The van der Waals surface area contributed by atoms with Gasteiger partial charge in [-0.15, -0.1) is 0 Å². The molecule has 0 unspecified atom stereocenters. The van der Waals surface area contributed by atoms with Crippen molar-refractivity contribution in [1.29, 1.82) is 0 Å². The molecular weight excluding hydrogens is 512 g/mol. The van der Waals surface area contributed by atoms with E-state index in [0.717, 1.165) is 49.9 Å². The number of alkyl halides is 3. The van der Waals surface area contributed by atoms with Crippen LogP contribution in [0, 0.1) is 5.82 Å². The number of fused-ring (bicyclic) bond motifs is 1. The van der Waals surface area contributed by atoms with Gasteiger partial charge in [-0.1, -0.05) is 11.6 Å². The van der Waals surface area contributed by atoms with E-state index in [1.54, 1.807) is 24.4 Å². The second-order valence-corrected chi connectivity index (χ2v) is 8.87. The van der Waals surface area contributed by atoms with E-state index in [9.17, 15) is 22.4 Å². The summed E-state index contributed by atoms with van der Waals surface area (Å²) in [4.78, 5) is 23.7. The molecule has 2 heterocycles. The normalized spacial score (nSPS) is 13.7. The molecule has 0 saturated carbocycles. The molecular formula is C26H19ClF4N4O2. The number of hydrogen-bond acceptors (Lipinski definition) is 5. The highest BCUT2D eigenvalue weighted by atomic mass is 35.5. The lowest BCUT2D eigenvalue weighted by molar-refractivity contribution is -0.137. The molecule has 4 aromatic rings. The average Bonchev–Trinajstić information content (AvgIpc) is 3.40. The predicted molar refractivity (Wildman–Crippen MR) is 132 cm³/mol. The molecule has 1 N–H and O–H groups in total. The minimum absolute atomic E-state index is 0.0398. The number of carbonyl (C=O) groups is 1. The molecule has 190 valence electrons. The van der Waals surface area contributed by atoms with Crippen LogP contribution in [0.15, 0.2) is 60.8 Å². The molecule has 1 saturated heterocycles. The number of halogens is 5. The van der Waals surface area contributed by atoms with Gasteiger partial charge in [0.2, 0.25) is 0 Å². The Hall–Kier alpha value is -3.92. The number of hydrogen-bond donors (Lipinski definition) is 1. The van der Waals surface area contributed by atoms with Crippen molar-refractivity contribution in [3.8, 4) is 11.5 Å². The first kappa shape index (κ1) is 24.8. The van der Waals surface area contributed by atoms with Crippen molar-refractivity contribution in [2.45, 2.75) is 19.0 Å². The summed E-state index contributed by atoms with van der Waals surface area (Å²) < 4.78 is 59.7. The van der Waals surface area contributed by atoms with E-state index >= 15 is 0 Å². The van der Waals surface area contributed by atoms with Crippen molar-refractivity contribution in [3.63, 3.8) is 0 Å². The highest BCUT2D eigenvalue weighted by Crippen LogP contribution is 2.35. The standard InChI is InChI=1S/C26H19ClF4N4O2/c27-19-6-3-15(11-18(19)26(29,30)31)25(36)33-16-4-8-23(20(28)12-16)37-17-5-7-21-22(13-17)34-24(14-32-21)35-9-1-2-10-35/h3-8,11-14H,1-2,9-10H2,(H,33,36).